The minimum absolute atomic E-state index is 0.232. The number of aryl methyl sites for hydroxylation is 1. The number of ether oxygens (including phenoxy) is 1. The summed E-state index contributed by atoms with van der Waals surface area (Å²) < 4.78 is 10.7. The molecule has 0 radical (unpaired) electrons. The number of anilines is 1. The lowest BCUT2D eigenvalue weighted by molar-refractivity contribution is -0.134. The van der Waals surface area contributed by atoms with Crippen LogP contribution >= 0.6 is 22.9 Å². The molecule has 0 aliphatic carbocycles. The second kappa shape index (κ2) is 9.44. The molecule has 5 rings (SSSR count). The molecule has 0 unspecified atom stereocenters. The number of esters is 1. The molecule has 1 saturated heterocycles. The molecule has 1 amide bonds. The first-order valence-electron chi connectivity index (χ1n) is 10.8. The molecule has 0 atom stereocenters. The molecule has 4 heterocycles. The molecular formula is C24H21ClN4O4S. The topological polar surface area (TPSA) is 88.8 Å². The van der Waals surface area contributed by atoms with Gasteiger partial charge in [-0.1, -0.05) is 28.9 Å². The fourth-order valence-corrected chi connectivity index (χ4v) is 4.86. The Balaban J connectivity index is 1.25. The van der Waals surface area contributed by atoms with Crippen LogP contribution in [0.1, 0.15) is 16.1 Å². The first-order valence-corrected chi connectivity index (χ1v) is 12.0. The summed E-state index contributed by atoms with van der Waals surface area (Å²) in [5.41, 5.74) is 2.70. The summed E-state index contributed by atoms with van der Waals surface area (Å²) in [6.45, 7) is 3.83. The van der Waals surface area contributed by atoms with E-state index in [-0.39, 0.29) is 23.8 Å². The Morgan fingerprint density at radius 1 is 1.15 bits per heavy atom. The van der Waals surface area contributed by atoms with Crippen molar-refractivity contribution in [3.8, 4) is 10.6 Å². The van der Waals surface area contributed by atoms with Crippen LogP contribution in [0.25, 0.3) is 21.7 Å². The number of rotatable bonds is 5. The predicted molar refractivity (Wildman–Crippen MR) is 130 cm³/mol. The largest absolute Gasteiger partial charge is 0.452 e. The highest BCUT2D eigenvalue weighted by Gasteiger charge is 2.25. The van der Waals surface area contributed by atoms with E-state index in [1.807, 2.05) is 41.8 Å². The number of pyridine rings is 1. The van der Waals surface area contributed by atoms with Crippen LogP contribution in [0.15, 0.2) is 52.4 Å². The molecule has 8 nitrogen and oxygen atoms in total. The zero-order valence-corrected chi connectivity index (χ0v) is 19.9. The van der Waals surface area contributed by atoms with Crippen molar-refractivity contribution < 1.29 is 18.8 Å². The van der Waals surface area contributed by atoms with Crippen molar-refractivity contribution in [3.63, 3.8) is 0 Å². The number of benzene rings is 1. The summed E-state index contributed by atoms with van der Waals surface area (Å²) in [6, 6.07) is 13.1. The van der Waals surface area contributed by atoms with Gasteiger partial charge in [0.25, 0.3) is 11.6 Å². The van der Waals surface area contributed by atoms with Gasteiger partial charge in [-0.3, -0.25) is 4.79 Å². The number of fused-ring (bicyclic) bond motifs is 1. The summed E-state index contributed by atoms with van der Waals surface area (Å²) in [7, 11) is 0. The highest BCUT2D eigenvalue weighted by atomic mass is 35.5. The second-order valence-corrected chi connectivity index (χ2v) is 9.29. The lowest BCUT2D eigenvalue weighted by Crippen LogP contribution is -2.49. The number of thiophene rings is 1. The van der Waals surface area contributed by atoms with Crippen LogP contribution in [0.5, 0.6) is 0 Å². The number of halogens is 1. The van der Waals surface area contributed by atoms with Crippen molar-refractivity contribution in [2.45, 2.75) is 6.92 Å². The molecule has 1 aliphatic heterocycles. The fraction of sp³-hybridized carbons (Fsp3) is 0.250. The average Bonchev–Trinajstić information content (AvgIpc) is 3.52. The summed E-state index contributed by atoms with van der Waals surface area (Å²) in [5, 5.41) is 7.04. The number of piperazine rings is 1. The third-order valence-electron chi connectivity index (χ3n) is 5.74. The molecule has 1 aromatic carbocycles. The van der Waals surface area contributed by atoms with Crippen molar-refractivity contribution in [2.24, 2.45) is 0 Å². The van der Waals surface area contributed by atoms with E-state index < -0.39 is 5.97 Å². The minimum Gasteiger partial charge on any atom is -0.452 e. The molecule has 1 fully saturated rings. The van der Waals surface area contributed by atoms with Crippen molar-refractivity contribution in [1.29, 1.82) is 0 Å². The van der Waals surface area contributed by atoms with Gasteiger partial charge < -0.3 is 19.1 Å². The molecule has 4 aromatic rings. The van der Waals surface area contributed by atoms with Crippen LogP contribution in [0.2, 0.25) is 5.02 Å². The van der Waals surface area contributed by atoms with Gasteiger partial charge in [0.15, 0.2) is 6.61 Å². The Morgan fingerprint density at radius 3 is 2.71 bits per heavy atom. The number of carbonyl (C=O) groups is 2. The Labute approximate surface area is 204 Å². The minimum atomic E-state index is -0.609. The molecule has 3 aromatic heterocycles. The van der Waals surface area contributed by atoms with Crippen LogP contribution < -0.4 is 4.90 Å². The summed E-state index contributed by atoms with van der Waals surface area (Å²) in [4.78, 5) is 35.0. The van der Waals surface area contributed by atoms with Crippen molar-refractivity contribution in [2.75, 3.05) is 37.7 Å². The number of carbonyl (C=O) groups excluding carboxylic acids is 2. The Bertz CT molecular complexity index is 1350. The molecule has 0 saturated carbocycles. The van der Waals surface area contributed by atoms with Gasteiger partial charge in [0.1, 0.15) is 0 Å². The fourth-order valence-electron chi connectivity index (χ4n) is 3.99. The monoisotopic (exact) mass is 496 g/mol. The Morgan fingerprint density at radius 2 is 1.97 bits per heavy atom. The van der Waals surface area contributed by atoms with Crippen LogP contribution in [-0.2, 0) is 9.53 Å². The first kappa shape index (κ1) is 22.4. The molecule has 0 spiro atoms. The van der Waals surface area contributed by atoms with Crippen LogP contribution in [0, 0.1) is 6.92 Å². The average molecular weight is 497 g/mol. The van der Waals surface area contributed by atoms with E-state index in [1.54, 1.807) is 17.9 Å². The van der Waals surface area contributed by atoms with Gasteiger partial charge in [-0.05, 0) is 42.6 Å². The Kier molecular flexibility index (Phi) is 6.21. The normalized spacial score (nSPS) is 13.9. The molecule has 1 aliphatic rings. The molecule has 174 valence electrons. The highest BCUT2D eigenvalue weighted by Crippen LogP contribution is 2.30. The van der Waals surface area contributed by atoms with Gasteiger partial charge >= 0.3 is 5.97 Å². The van der Waals surface area contributed by atoms with E-state index in [2.05, 4.69) is 15.0 Å². The SMILES string of the molecule is Cc1noc2nc(-c3cccs3)cc(C(=O)OCC(=O)N3CCN(c4cccc(Cl)c4)CC3)c12. The third kappa shape index (κ3) is 4.49. The maximum absolute atomic E-state index is 13.0. The third-order valence-corrected chi connectivity index (χ3v) is 6.87. The number of aromatic nitrogens is 2. The van der Waals surface area contributed by atoms with E-state index in [0.717, 1.165) is 10.6 Å². The molecule has 34 heavy (non-hydrogen) atoms. The summed E-state index contributed by atoms with van der Waals surface area (Å²) in [6.07, 6.45) is 0. The van der Waals surface area contributed by atoms with Crippen LogP contribution in [0.3, 0.4) is 0 Å². The molecule has 0 bridgehead atoms. The standard InChI is InChI=1S/C24H21ClN4O4S/c1-15-22-18(13-19(20-6-3-11-34-20)26-23(22)33-27-15)24(31)32-14-21(30)29-9-7-28(8-10-29)17-5-2-4-16(25)12-17/h2-6,11-13H,7-10,14H2,1H3. The van der Waals surface area contributed by atoms with Gasteiger partial charge in [0, 0.05) is 36.9 Å². The Hall–Kier alpha value is -3.43. The quantitative estimate of drug-likeness (QED) is 0.378. The first-order chi connectivity index (χ1) is 16.5. The van der Waals surface area contributed by atoms with E-state index >= 15 is 0 Å². The van der Waals surface area contributed by atoms with Crippen molar-refractivity contribution in [3.05, 3.63) is 64.1 Å². The zero-order valence-electron chi connectivity index (χ0n) is 18.4. The number of amides is 1. The predicted octanol–water partition coefficient (Wildman–Crippen LogP) is 4.42. The maximum atomic E-state index is 13.0. The molecular weight excluding hydrogens is 476 g/mol. The lowest BCUT2D eigenvalue weighted by atomic mass is 10.1. The summed E-state index contributed by atoms with van der Waals surface area (Å²) in [5.74, 6) is -0.840. The van der Waals surface area contributed by atoms with Crippen molar-refractivity contribution in [1.82, 2.24) is 15.0 Å². The second-order valence-electron chi connectivity index (χ2n) is 7.90. The van der Waals surface area contributed by atoms with E-state index in [4.69, 9.17) is 20.9 Å². The van der Waals surface area contributed by atoms with Gasteiger partial charge in [0.05, 0.1) is 27.2 Å². The lowest BCUT2D eigenvalue weighted by Gasteiger charge is -2.36. The van der Waals surface area contributed by atoms with Crippen molar-refractivity contribution >= 4 is 51.6 Å². The van der Waals surface area contributed by atoms with Gasteiger partial charge in [0.2, 0.25) is 0 Å². The number of nitrogens with zero attached hydrogens (tertiary/aromatic N) is 4. The van der Waals surface area contributed by atoms with E-state index in [0.29, 0.717) is 48.0 Å². The molecule has 10 heteroatoms. The van der Waals surface area contributed by atoms with E-state index in [9.17, 15) is 9.59 Å². The smallest absolute Gasteiger partial charge is 0.339 e. The van der Waals surface area contributed by atoms with E-state index in [1.165, 1.54) is 11.3 Å². The number of hydrogen-bond donors (Lipinski definition) is 0. The summed E-state index contributed by atoms with van der Waals surface area (Å²) >= 11 is 7.59. The van der Waals surface area contributed by atoms with Crippen LogP contribution in [0.4, 0.5) is 5.69 Å². The highest BCUT2D eigenvalue weighted by molar-refractivity contribution is 7.13. The maximum Gasteiger partial charge on any atom is 0.339 e. The van der Waals surface area contributed by atoms with Gasteiger partial charge in [-0.25, -0.2) is 9.78 Å². The zero-order chi connectivity index (χ0) is 23.7. The number of hydrogen-bond acceptors (Lipinski definition) is 8. The van der Waals surface area contributed by atoms with Crippen LogP contribution in [-0.4, -0.2) is 59.7 Å². The van der Waals surface area contributed by atoms with Gasteiger partial charge in [-0.2, -0.15) is 0 Å². The van der Waals surface area contributed by atoms with Gasteiger partial charge in [-0.15, -0.1) is 11.3 Å². The molecule has 0 N–H and O–H groups in total.